The summed E-state index contributed by atoms with van der Waals surface area (Å²) in [5, 5.41) is 14.1. The first kappa shape index (κ1) is 13.8. The van der Waals surface area contributed by atoms with E-state index in [-0.39, 0.29) is 12.6 Å². The lowest BCUT2D eigenvalue weighted by Crippen LogP contribution is -2.33. The Kier molecular flexibility index (Phi) is 4.28. The zero-order chi connectivity index (χ0) is 14.5. The molecule has 4 nitrogen and oxygen atoms in total. The zero-order valence-corrected chi connectivity index (χ0v) is 11.8. The zero-order valence-electron chi connectivity index (χ0n) is 11.8. The van der Waals surface area contributed by atoms with Crippen molar-refractivity contribution in [3.05, 3.63) is 66.0 Å². The topological polar surface area (TPSA) is 60.9 Å². The normalized spacial score (nSPS) is 12.6. The fraction of sp³-hybridized carbons (Fsp3) is 0.235. The first-order chi connectivity index (χ1) is 10.4. The van der Waals surface area contributed by atoms with Crippen LogP contribution in [0, 0.1) is 0 Å². The molecule has 0 spiro atoms. The molecule has 1 atom stereocenters. The van der Waals surface area contributed by atoms with Crippen LogP contribution in [0.25, 0.3) is 11.0 Å². The van der Waals surface area contributed by atoms with E-state index in [2.05, 4.69) is 33.5 Å². The van der Waals surface area contributed by atoms with Crippen LogP contribution in [-0.2, 0) is 13.0 Å². The summed E-state index contributed by atoms with van der Waals surface area (Å²) in [6, 6.07) is 14.3. The van der Waals surface area contributed by atoms with E-state index in [1.807, 2.05) is 30.5 Å². The predicted octanol–water partition coefficient (Wildman–Crippen LogP) is 2.26. The van der Waals surface area contributed by atoms with Gasteiger partial charge in [-0.3, -0.25) is 0 Å². The molecule has 0 saturated heterocycles. The molecule has 0 aliphatic rings. The van der Waals surface area contributed by atoms with Crippen molar-refractivity contribution >= 4 is 11.0 Å². The number of hydrogen-bond donors (Lipinski definition) is 3. The van der Waals surface area contributed by atoms with Crippen LogP contribution >= 0.6 is 0 Å². The van der Waals surface area contributed by atoms with Crippen molar-refractivity contribution in [3.8, 4) is 0 Å². The van der Waals surface area contributed by atoms with Crippen molar-refractivity contribution in [2.24, 2.45) is 0 Å². The fourth-order valence-corrected chi connectivity index (χ4v) is 2.51. The maximum atomic E-state index is 9.55. The molecule has 108 valence electrons. The summed E-state index contributed by atoms with van der Waals surface area (Å²) in [6.07, 6.45) is 4.57. The lowest BCUT2D eigenvalue weighted by atomic mass is 10.1. The summed E-state index contributed by atoms with van der Waals surface area (Å²) in [5.74, 6) is 0. The lowest BCUT2D eigenvalue weighted by Gasteiger charge is -2.16. The number of benzene rings is 1. The maximum absolute atomic E-state index is 9.55. The van der Waals surface area contributed by atoms with E-state index in [0.29, 0.717) is 6.54 Å². The first-order valence-corrected chi connectivity index (χ1v) is 7.16. The van der Waals surface area contributed by atoms with Crippen LogP contribution in [0.15, 0.2) is 54.9 Å². The van der Waals surface area contributed by atoms with Crippen LogP contribution in [0.2, 0.25) is 0 Å². The highest BCUT2D eigenvalue weighted by Gasteiger charge is 2.10. The second-order valence-electron chi connectivity index (χ2n) is 5.16. The third-order valence-corrected chi connectivity index (χ3v) is 3.66. The third-order valence-electron chi connectivity index (χ3n) is 3.66. The van der Waals surface area contributed by atoms with E-state index in [1.54, 1.807) is 6.20 Å². The van der Waals surface area contributed by atoms with E-state index in [1.165, 1.54) is 11.1 Å². The molecule has 3 N–H and O–H groups in total. The van der Waals surface area contributed by atoms with Gasteiger partial charge in [-0.25, -0.2) is 4.98 Å². The summed E-state index contributed by atoms with van der Waals surface area (Å²) < 4.78 is 0. The number of aromatic amines is 1. The molecule has 0 fully saturated rings. The minimum absolute atomic E-state index is 0.0500. The van der Waals surface area contributed by atoms with E-state index in [9.17, 15) is 5.11 Å². The molecular formula is C17H19N3O. The van der Waals surface area contributed by atoms with Crippen LogP contribution in [0.3, 0.4) is 0 Å². The number of aliphatic hydroxyl groups is 1. The van der Waals surface area contributed by atoms with Crippen molar-refractivity contribution in [1.29, 1.82) is 0 Å². The van der Waals surface area contributed by atoms with Crippen molar-refractivity contribution in [3.63, 3.8) is 0 Å². The standard InChI is InChI=1S/C17H19N3O/c21-12-15(9-13-5-2-1-3-6-13)19-10-14-11-20-17-16(14)7-4-8-18-17/h1-8,11,15,19,21H,9-10,12H2,(H,18,20). The van der Waals surface area contributed by atoms with Gasteiger partial charge in [-0.2, -0.15) is 0 Å². The largest absolute Gasteiger partial charge is 0.395 e. The molecule has 0 aliphatic carbocycles. The highest BCUT2D eigenvalue weighted by atomic mass is 16.3. The van der Waals surface area contributed by atoms with E-state index >= 15 is 0 Å². The summed E-state index contributed by atoms with van der Waals surface area (Å²) in [4.78, 5) is 7.45. The van der Waals surface area contributed by atoms with Crippen molar-refractivity contribution in [1.82, 2.24) is 15.3 Å². The monoisotopic (exact) mass is 281 g/mol. The van der Waals surface area contributed by atoms with E-state index in [0.717, 1.165) is 17.5 Å². The third kappa shape index (κ3) is 3.29. The molecule has 2 heterocycles. The van der Waals surface area contributed by atoms with Crippen molar-refractivity contribution in [2.45, 2.75) is 19.0 Å². The highest BCUT2D eigenvalue weighted by Crippen LogP contribution is 2.15. The number of pyridine rings is 1. The Labute approximate surface area is 123 Å². The van der Waals surface area contributed by atoms with Gasteiger partial charge in [0, 0.05) is 30.4 Å². The molecule has 1 aromatic carbocycles. The number of aliphatic hydroxyl groups excluding tert-OH is 1. The average Bonchev–Trinajstić information content (AvgIpc) is 2.96. The van der Waals surface area contributed by atoms with Gasteiger partial charge < -0.3 is 15.4 Å². The van der Waals surface area contributed by atoms with Crippen LogP contribution in [-0.4, -0.2) is 27.7 Å². The molecule has 0 saturated carbocycles. The number of nitrogens with one attached hydrogen (secondary N) is 2. The second kappa shape index (κ2) is 6.52. The number of fused-ring (bicyclic) bond motifs is 1. The smallest absolute Gasteiger partial charge is 0.137 e. The van der Waals surface area contributed by atoms with Crippen LogP contribution in [0.5, 0.6) is 0 Å². The first-order valence-electron chi connectivity index (χ1n) is 7.16. The minimum atomic E-state index is 0.0500. The maximum Gasteiger partial charge on any atom is 0.137 e. The number of rotatable bonds is 6. The van der Waals surface area contributed by atoms with E-state index < -0.39 is 0 Å². The quantitative estimate of drug-likeness (QED) is 0.649. The molecule has 1 unspecified atom stereocenters. The lowest BCUT2D eigenvalue weighted by molar-refractivity contribution is 0.241. The van der Waals surface area contributed by atoms with Crippen LogP contribution < -0.4 is 5.32 Å². The number of aromatic nitrogens is 2. The predicted molar refractivity (Wildman–Crippen MR) is 84.0 cm³/mol. The van der Waals surface area contributed by atoms with Gasteiger partial charge in [0.1, 0.15) is 5.65 Å². The molecule has 0 aliphatic heterocycles. The Morgan fingerprint density at radius 3 is 2.81 bits per heavy atom. The Morgan fingerprint density at radius 2 is 2.00 bits per heavy atom. The number of hydrogen-bond acceptors (Lipinski definition) is 3. The summed E-state index contributed by atoms with van der Waals surface area (Å²) in [7, 11) is 0. The van der Waals surface area contributed by atoms with E-state index in [4.69, 9.17) is 0 Å². The number of H-pyrrole nitrogens is 1. The summed E-state index contributed by atoms with van der Waals surface area (Å²) in [6.45, 7) is 0.833. The summed E-state index contributed by atoms with van der Waals surface area (Å²) >= 11 is 0. The van der Waals surface area contributed by atoms with Gasteiger partial charge >= 0.3 is 0 Å². The number of nitrogens with zero attached hydrogens (tertiary/aromatic N) is 1. The van der Waals surface area contributed by atoms with Gasteiger partial charge in [0.05, 0.1) is 6.61 Å². The molecule has 3 rings (SSSR count). The molecular weight excluding hydrogens is 262 g/mol. The molecule has 21 heavy (non-hydrogen) atoms. The average molecular weight is 281 g/mol. The SMILES string of the molecule is OCC(Cc1ccccc1)NCc1c[nH]c2ncccc12. The van der Waals surface area contributed by atoms with Crippen LogP contribution in [0.1, 0.15) is 11.1 Å². The second-order valence-corrected chi connectivity index (χ2v) is 5.16. The Balaban J connectivity index is 1.65. The summed E-state index contributed by atoms with van der Waals surface area (Å²) in [5.41, 5.74) is 3.30. The fourth-order valence-electron chi connectivity index (χ4n) is 2.51. The Bertz CT molecular complexity index is 693. The molecule has 0 radical (unpaired) electrons. The minimum Gasteiger partial charge on any atom is -0.395 e. The van der Waals surface area contributed by atoms with Crippen molar-refractivity contribution < 1.29 is 5.11 Å². The molecule has 4 heteroatoms. The molecule has 3 aromatic rings. The van der Waals surface area contributed by atoms with Gasteiger partial charge in [0.25, 0.3) is 0 Å². The molecule has 0 bridgehead atoms. The van der Waals surface area contributed by atoms with Gasteiger partial charge in [-0.15, -0.1) is 0 Å². The highest BCUT2D eigenvalue weighted by molar-refractivity contribution is 5.79. The Hall–Kier alpha value is -2.17. The Morgan fingerprint density at radius 1 is 1.14 bits per heavy atom. The molecule has 0 amide bonds. The van der Waals surface area contributed by atoms with Crippen LogP contribution in [0.4, 0.5) is 0 Å². The molecule has 2 aromatic heterocycles. The van der Waals surface area contributed by atoms with Gasteiger partial charge in [-0.05, 0) is 29.7 Å². The van der Waals surface area contributed by atoms with Gasteiger partial charge in [0.2, 0.25) is 0 Å². The van der Waals surface area contributed by atoms with Gasteiger partial charge in [-0.1, -0.05) is 30.3 Å². The van der Waals surface area contributed by atoms with Gasteiger partial charge in [0.15, 0.2) is 0 Å². The van der Waals surface area contributed by atoms with Crippen molar-refractivity contribution in [2.75, 3.05) is 6.61 Å².